The minimum absolute atomic E-state index is 0.399. The van der Waals surface area contributed by atoms with Gasteiger partial charge < -0.3 is 0 Å². The molecule has 0 amide bonds. The lowest BCUT2D eigenvalue weighted by Gasteiger charge is -2.02. The highest BCUT2D eigenvalue weighted by molar-refractivity contribution is 7.71. The third-order valence-corrected chi connectivity index (χ3v) is 2.80. The van der Waals surface area contributed by atoms with Crippen molar-refractivity contribution in [3.8, 4) is 11.3 Å². The third kappa shape index (κ3) is 1.94. The summed E-state index contributed by atoms with van der Waals surface area (Å²) >= 11 is 4.97. The van der Waals surface area contributed by atoms with Gasteiger partial charge in [0.1, 0.15) is 0 Å². The fraction of sp³-hybridized carbons (Fsp3) is 0. The zero-order valence-corrected chi connectivity index (χ0v) is 9.74. The molecule has 1 N–H and O–H groups in total. The van der Waals surface area contributed by atoms with Gasteiger partial charge in [-0.15, -0.1) is 0 Å². The third-order valence-electron chi connectivity index (χ3n) is 2.61. The molecule has 3 rings (SSSR count). The summed E-state index contributed by atoms with van der Waals surface area (Å²) in [7, 11) is 0. The predicted octanol–water partition coefficient (Wildman–Crippen LogP) is 3.35. The second-order valence-electron chi connectivity index (χ2n) is 3.73. The molecule has 0 saturated heterocycles. The van der Waals surface area contributed by atoms with Crippen molar-refractivity contribution in [3.05, 3.63) is 53.4 Å². The Morgan fingerprint density at radius 3 is 2.65 bits per heavy atom. The maximum Gasteiger partial charge on any atom is 0.214 e. The summed E-state index contributed by atoms with van der Waals surface area (Å²) in [6.07, 6.45) is 1.68. The second-order valence-corrected chi connectivity index (χ2v) is 4.12. The Balaban J connectivity index is 2.21. The monoisotopic (exact) mass is 239 g/mol. The molecule has 0 unspecified atom stereocenters. The number of fused-ring (bicyclic) bond motifs is 1. The molecule has 3 aromatic rings. The minimum Gasteiger partial charge on any atom is -0.252 e. The Morgan fingerprint density at radius 2 is 1.82 bits per heavy atom. The largest absolute Gasteiger partial charge is 0.252 e. The second kappa shape index (κ2) is 4.07. The van der Waals surface area contributed by atoms with Gasteiger partial charge in [-0.1, -0.05) is 36.4 Å². The summed E-state index contributed by atoms with van der Waals surface area (Å²) in [5.74, 6) is 0. The van der Waals surface area contributed by atoms with Gasteiger partial charge >= 0.3 is 0 Å². The van der Waals surface area contributed by atoms with E-state index in [0.717, 1.165) is 11.3 Å². The first-order valence-electron chi connectivity index (χ1n) is 5.24. The van der Waals surface area contributed by atoms with E-state index in [1.807, 2.05) is 18.2 Å². The van der Waals surface area contributed by atoms with E-state index in [4.69, 9.17) is 12.2 Å². The minimum atomic E-state index is 0.399. The standard InChI is InChI=1S/C13H9N3S/c17-13-15-12(8-14-16-13)11-6-5-9-3-1-2-4-10(9)7-11/h1-8H,(H,15,16,17). The quantitative estimate of drug-likeness (QED) is 0.662. The summed E-state index contributed by atoms with van der Waals surface area (Å²) in [4.78, 5) is 4.25. The van der Waals surface area contributed by atoms with Gasteiger partial charge in [0.15, 0.2) is 0 Å². The zero-order chi connectivity index (χ0) is 11.7. The van der Waals surface area contributed by atoms with E-state index in [9.17, 15) is 0 Å². The van der Waals surface area contributed by atoms with Gasteiger partial charge in [-0.3, -0.25) is 5.10 Å². The molecule has 1 heterocycles. The molecule has 0 saturated carbocycles. The molecule has 2 aromatic carbocycles. The van der Waals surface area contributed by atoms with Crippen LogP contribution in [-0.2, 0) is 0 Å². The molecule has 0 bridgehead atoms. The van der Waals surface area contributed by atoms with Gasteiger partial charge in [0.2, 0.25) is 4.77 Å². The molecule has 1 aromatic heterocycles. The van der Waals surface area contributed by atoms with Crippen molar-refractivity contribution >= 4 is 23.0 Å². The molecular formula is C13H9N3S. The van der Waals surface area contributed by atoms with Crippen LogP contribution < -0.4 is 0 Å². The van der Waals surface area contributed by atoms with Crippen molar-refractivity contribution in [2.45, 2.75) is 0 Å². The summed E-state index contributed by atoms with van der Waals surface area (Å²) in [6.45, 7) is 0. The van der Waals surface area contributed by atoms with Gasteiger partial charge in [-0.05, 0) is 29.1 Å². The van der Waals surface area contributed by atoms with E-state index in [0.29, 0.717) is 4.77 Å². The average Bonchev–Trinajstić information content (AvgIpc) is 2.38. The van der Waals surface area contributed by atoms with Gasteiger partial charge in [0, 0.05) is 5.56 Å². The molecule has 17 heavy (non-hydrogen) atoms. The summed E-state index contributed by atoms with van der Waals surface area (Å²) in [6, 6.07) is 14.4. The van der Waals surface area contributed by atoms with Crippen molar-refractivity contribution in [2.75, 3.05) is 0 Å². The van der Waals surface area contributed by atoms with E-state index in [2.05, 4.69) is 39.4 Å². The van der Waals surface area contributed by atoms with Crippen molar-refractivity contribution in [1.82, 2.24) is 15.2 Å². The van der Waals surface area contributed by atoms with Gasteiger partial charge in [0.05, 0.1) is 11.9 Å². The van der Waals surface area contributed by atoms with Crippen LogP contribution in [0.5, 0.6) is 0 Å². The number of rotatable bonds is 1. The Morgan fingerprint density at radius 1 is 1.00 bits per heavy atom. The van der Waals surface area contributed by atoms with E-state index < -0.39 is 0 Å². The zero-order valence-electron chi connectivity index (χ0n) is 8.92. The molecule has 0 spiro atoms. The lowest BCUT2D eigenvalue weighted by atomic mass is 10.1. The normalized spacial score (nSPS) is 10.6. The molecule has 82 valence electrons. The molecule has 0 atom stereocenters. The van der Waals surface area contributed by atoms with Crippen LogP contribution >= 0.6 is 12.2 Å². The first-order chi connectivity index (χ1) is 8.33. The molecule has 4 heteroatoms. The van der Waals surface area contributed by atoms with Crippen LogP contribution in [0.2, 0.25) is 0 Å². The maximum atomic E-state index is 4.97. The number of hydrogen-bond acceptors (Lipinski definition) is 3. The van der Waals surface area contributed by atoms with Crippen LogP contribution in [-0.4, -0.2) is 15.2 Å². The van der Waals surface area contributed by atoms with Crippen LogP contribution in [0.3, 0.4) is 0 Å². The fourth-order valence-electron chi connectivity index (χ4n) is 1.80. The van der Waals surface area contributed by atoms with Crippen molar-refractivity contribution in [1.29, 1.82) is 0 Å². The van der Waals surface area contributed by atoms with E-state index in [1.54, 1.807) is 6.20 Å². The van der Waals surface area contributed by atoms with Crippen LogP contribution in [0.4, 0.5) is 0 Å². The summed E-state index contributed by atoms with van der Waals surface area (Å²) < 4.78 is 0.399. The number of hydrogen-bond donors (Lipinski definition) is 1. The first kappa shape index (κ1) is 10.1. The fourth-order valence-corrected chi connectivity index (χ4v) is 1.95. The molecule has 0 aliphatic heterocycles. The Kier molecular flexibility index (Phi) is 2.42. The van der Waals surface area contributed by atoms with Crippen LogP contribution in [0, 0.1) is 4.77 Å². The van der Waals surface area contributed by atoms with E-state index >= 15 is 0 Å². The van der Waals surface area contributed by atoms with Crippen LogP contribution in [0.15, 0.2) is 48.7 Å². The smallest absolute Gasteiger partial charge is 0.214 e. The highest BCUT2D eigenvalue weighted by Gasteiger charge is 2.00. The van der Waals surface area contributed by atoms with Crippen molar-refractivity contribution in [3.63, 3.8) is 0 Å². The lowest BCUT2D eigenvalue weighted by molar-refractivity contribution is 0.954. The van der Waals surface area contributed by atoms with E-state index in [1.165, 1.54) is 10.8 Å². The lowest BCUT2D eigenvalue weighted by Crippen LogP contribution is -1.89. The average molecular weight is 239 g/mol. The Hall–Kier alpha value is -2.07. The van der Waals surface area contributed by atoms with Crippen LogP contribution in [0.25, 0.3) is 22.0 Å². The van der Waals surface area contributed by atoms with Crippen molar-refractivity contribution < 1.29 is 0 Å². The molecule has 0 radical (unpaired) electrons. The van der Waals surface area contributed by atoms with Crippen molar-refractivity contribution in [2.24, 2.45) is 0 Å². The number of nitrogens with zero attached hydrogens (tertiary/aromatic N) is 2. The molecular weight excluding hydrogens is 230 g/mol. The number of aromatic nitrogens is 3. The predicted molar refractivity (Wildman–Crippen MR) is 70.2 cm³/mol. The first-order valence-corrected chi connectivity index (χ1v) is 5.65. The number of nitrogens with one attached hydrogen (secondary N) is 1. The topological polar surface area (TPSA) is 41.6 Å². The highest BCUT2D eigenvalue weighted by atomic mass is 32.1. The van der Waals surface area contributed by atoms with Gasteiger partial charge in [-0.25, -0.2) is 4.98 Å². The molecule has 0 aliphatic rings. The maximum absolute atomic E-state index is 4.97. The number of benzene rings is 2. The molecule has 3 nitrogen and oxygen atoms in total. The summed E-state index contributed by atoms with van der Waals surface area (Å²) in [5, 5.41) is 8.98. The number of H-pyrrole nitrogens is 1. The Bertz CT molecular complexity index is 734. The number of aromatic amines is 1. The SMILES string of the molecule is S=c1nc(-c2ccc3ccccc3c2)cn[nH]1. The molecule has 0 aliphatic carbocycles. The summed E-state index contributed by atoms with van der Waals surface area (Å²) in [5.41, 5.74) is 1.82. The Labute approximate surface area is 103 Å². The van der Waals surface area contributed by atoms with E-state index in [-0.39, 0.29) is 0 Å². The van der Waals surface area contributed by atoms with Crippen LogP contribution in [0.1, 0.15) is 0 Å². The van der Waals surface area contributed by atoms with Gasteiger partial charge in [-0.2, -0.15) is 5.10 Å². The highest BCUT2D eigenvalue weighted by Crippen LogP contribution is 2.21. The van der Waals surface area contributed by atoms with Gasteiger partial charge in [0.25, 0.3) is 0 Å². The molecule has 0 fully saturated rings.